The van der Waals surface area contributed by atoms with Crippen molar-refractivity contribution in [1.82, 2.24) is 0 Å². The molecule has 0 N–H and O–H groups in total. The maximum atomic E-state index is 13.8. The van der Waals surface area contributed by atoms with E-state index in [0.717, 1.165) is 30.3 Å². The van der Waals surface area contributed by atoms with Gasteiger partial charge in [0.1, 0.15) is 11.6 Å². The Balaban J connectivity index is 2.32. The molecule has 2 aromatic rings. The summed E-state index contributed by atoms with van der Waals surface area (Å²) in [5.74, 6) is -1.24. The molecule has 0 heterocycles. The minimum atomic E-state index is -4.48. The zero-order chi connectivity index (χ0) is 15.6. The van der Waals surface area contributed by atoms with Gasteiger partial charge in [-0.2, -0.15) is 13.2 Å². The highest BCUT2D eigenvalue weighted by molar-refractivity contribution is 6.09. The van der Waals surface area contributed by atoms with Crippen molar-refractivity contribution in [3.63, 3.8) is 0 Å². The molecule has 0 spiro atoms. The first-order valence-electron chi connectivity index (χ1n) is 5.88. The number of ketones is 1. The van der Waals surface area contributed by atoms with Gasteiger partial charge in [0.05, 0.1) is 18.2 Å². The van der Waals surface area contributed by atoms with E-state index in [-0.39, 0.29) is 16.9 Å². The van der Waals surface area contributed by atoms with Gasteiger partial charge in [-0.1, -0.05) is 12.1 Å². The van der Waals surface area contributed by atoms with Crippen LogP contribution in [-0.4, -0.2) is 12.9 Å². The van der Waals surface area contributed by atoms with Crippen LogP contribution in [0.1, 0.15) is 21.5 Å². The number of carbonyl (C=O) groups is 1. The van der Waals surface area contributed by atoms with E-state index in [9.17, 15) is 22.4 Å². The van der Waals surface area contributed by atoms with Crippen molar-refractivity contribution in [1.29, 1.82) is 0 Å². The van der Waals surface area contributed by atoms with Gasteiger partial charge in [-0.3, -0.25) is 4.79 Å². The third-order valence-corrected chi connectivity index (χ3v) is 2.90. The summed E-state index contributed by atoms with van der Waals surface area (Å²) in [6.07, 6.45) is -4.48. The molecular weight excluding hydrogens is 288 g/mol. The van der Waals surface area contributed by atoms with Crippen LogP contribution in [0.5, 0.6) is 5.75 Å². The number of carbonyl (C=O) groups excluding carboxylic acids is 1. The van der Waals surface area contributed by atoms with Crippen molar-refractivity contribution in [3.05, 3.63) is 65.0 Å². The molecular formula is C15H10F4O2. The van der Waals surface area contributed by atoms with Crippen LogP contribution in [0.4, 0.5) is 17.6 Å². The van der Waals surface area contributed by atoms with E-state index < -0.39 is 23.3 Å². The number of hydrogen-bond donors (Lipinski definition) is 0. The molecule has 0 aliphatic heterocycles. The van der Waals surface area contributed by atoms with E-state index in [1.165, 1.54) is 19.2 Å². The van der Waals surface area contributed by atoms with Gasteiger partial charge < -0.3 is 4.74 Å². The van der Waals surface area contributed by atoms with Crippen molar-refractivity contribution in [2.24, 2.45) is 0 Å². The van der Waals surface area contributed by atoms with E-state index in [4.69, 9.17) is 4.74 Å². The van der Waals surface area contributed by atoms with Crippen molar-refractivity contribution >= 4 is 5.78 Å². The molecule has 0 saturated carbocycles. The molecule has 0 aliphatic rings. The summed E-state index contributed by atoms with van der Waals surface area (Å²) < 4.78 is 55.9. The van der Waals surface area contributed by atoms with Gasteiger partial charge in [-0.15, -0.1) is 0 Å². The highest BCUT2D eigenvalue weighted by Crippen LogP contribution is 2.29. The first-order chi connectivity index (χ1) is 9.82. The fourth-order valence-corrected chi connectivity index (χ4v) is 1.77. The van der Waals surface area contributed by atoms with Crippen LogP contribution in [0, 0.1) is 5.82 Å². The Morgan fingerprint density at radius 3 is 2.14 bits per heavy atom. The molecule has 21 heavy (non-hydrogen) atoms. The lowest BCUT2D eigenvalue weighted by molar-refractivity contribution is -0.137. The summed E-state index contributed by atoms with van der Waals surface area (Å²) in [5, 5.41) is 0. The van der Waals surface area contributed by atoms with Crippen LogP contribution in [0.25, 0.3) is 0 Å². The molecule has 0 unspecified atom stereocenters. The van der Waals surface area contributed by atoms with Crippen molar-refractivity contribution in [2.45, 2.75) is 6.18 Å². The molecule has 0 atom stereocenters. The Morgan fingerprint density at radius 2 is 1.67 bits per heavy atom. The highest BCUT2D eigenvalue weighted by atomic mass is 19.4. The Kier molecular flexibility index (Phi) is 3.97. The zero-order valence-corrected chi connectivity index (χ0v) is 10.9. The van der Waals surface area contributed by atoms with E-state index in [1.807, 2.05) is 0 Å². The summed E-state index contributed by atoms with van der Waals surface area (Å²) in [6, 6.07) is 7.29. The second kappa shape index (κ2) is 5.55. The molecule has 0 amide bonds. The average Bonchev–Trinajstić information content (AvgIpc) is 2.45. The van der Waals surface area contributed by atoms with Gasteiger partial charge in [0.15, 0.2) is 5.78 Å². The van der Waals surface area contributed by atoms with Gasteiger partial charge in [0, 0.05) is 11.6 Å². The summed E-state index contributed by atoms with van der Waals surface area (Å²) in [4.78, 5) is 12.1. The normalized spacial score (nSPS) is 11.3. The molecule has 0 fully saturated rings. The molecule has 0 aromatic heterocycles. The number of alkyl halides is 3. The topological polar surface area (TPSA) is 26.3 Å². The monoisotopic (exact) mass is 298 g/mol. The maximum Gasteiger partial charge on any atom is 0.416 e. The standard InChI is InChI=1S/C15H10F4O2/c1-21-11-6-7-12(13(16)8-11)14(20)9-2-4-10(5-3-9)15(17,18)19/h2-8H,1H3. The highest BCUT2D eigenvalue weighted by Gasteiger charge is 2.30. The predicted octanol–water partition coefficient (Wildman–Crippen LogP) is 4.08. The fourth-order valence-electron chi connectivity index (χ4n) is 1.77. The molecule has 2 aromatic carbocycles. The largest absolute Gasteiger partial charge is 0.497 e. The van der Waals surface area contributed by atoms with Gasteiger partial charge in [0.2, 0.25) is 0 Å². The Bertz CT molecular complexity index is 660. The molecule has 0 aliphatic carbocycles. The number of rotatable bonds is 3. The zero-order valence-electron chi connectivity index (χ0n) is 10.9. The Labute approximate surface area is 118 Å². The van der Waals surface area contributed by atoms with Crippen LogP contribution >= 0.6 is 0 Å². The molecule has 110 valence electrons. The minimum Gasteiger partial charge on any atom is -0.497 e. The van der Waals surface area contributed by atoms with Crippen LogP contribution in [-0.2, 0) is 6.18 Å². The van der Waals surface area contributed by atoms with Gasteiger partial charge >= 0.3 is 6.18 Å². The van der Waals surface area contributed by atoms with Crippen molar-refractivity contribution in [2.75, 3.05) is 7.11 Å². The lowest BCUT2D eigenvalue weighted by atomic mass is 10.0. The van der Waals surface area contributed by atoms with Crippen molar-refractivity contribution < 1.29 is 27.1 Å². The first kappa shape index (κ1) is 15.0. The maximum absolute atomic E-state index is 13.8. The van der Waals surface area contributed by atoms with E-state index in [2.05, 4.69) is 0 Å². The first-order valence-corrected chi connectivity index (χ1v) is 5.88. The quantitative estimate of drug-likeness (QED) is 0.630. The van der Waals surface area contributed by atoms with Gasteiger partial charge in [-0.25, -0.2) is 4.39 Å². The van der Waals surface area contributed by atoms with E-state index in [0.29, 0.717) is 0 Å². The van der Waals surface area contributed by atoms with Gasteiger partial charge in [0.25, 0.3) is 0 Å². The number of hydrogen-bond acceptors (Lipinski definition) is 2. The second-order valence-electron chi connectivity index (χ2n) is 4.25. The molecule has 0 radical (unpaired) electrons. The molecule has 0 bridgehead atoms. The number of methoxy groups -OCH3 is 1. The molecule has 2 rings (SSSR count). The smallest absolute Gasteiger partial charge is 0.416 e. The molecule has 2 nitrogen and oxygen atoms in total. The summed E-state index contributed by atoms with van der Waals surface area (Å²) in [6.45, 7) is 0. The predicted molar refractivity (Wildman–Crippen MR) is 67.8 cm³/mol. The minimum absolute atomic E-state index is 0.0212. The van der Waals surface area contributed by atoms with E-state index in [1.54, 1.807) is 0 Å². The molecule has 0 saturated heterocycles. The number of halogens is 4. The van der Waals surface area contributed by atoms with Crippen LogP contribution in [0.2, 0.25) is 0 Å². The third-order valence-electron chi connectivity index (χ3n) is 2.90. The van der Waals surface area contributed by atoms with Crippen LogP contribution < -0.4 is 4.74 Å². The van der Waals surface area contributed by atoms with E-state index >= 15 is 0 Å². The Hall–Kier alpha value is -2.37. The number of ether oxygens (including phenoxy) is 1. The van der Waals surface area contributed by atoms with Crippen LogP contribution in [0.15, 0.2) is 42.5 Å². The van der Waals surface area contributed by atoms with Crippen molar-refractivity contribution in [3.8, 4) is 5.75 Å². The Morgan fingerprint density at radius 1 is 1.05 bits per heavy atom. The summed E-state index contributed by atoms with van der Waals surface area (Å²) in [7, 11) is 1.35. The average molecular weight is 298 g/mol. The fraction of sp³-hybridized carbons (Fsp3) is 0.133. The molecule has 6 heteroatoms. The summed E-state index contributed by atoms with van der Waals surface area (Å²) >= 11 is 0. The SMILES string of the molecule is COc1ccc(C(=O)c2ccc(C(F)(F)F)cc2)c(F)c1. The van der Waals surface area contributed by atoms with Crippen LogP contribution in [0.3, 0.4) is 0 Å². The third kappa shape index (κ3) is 3.21. The lowest BCUT2D eigenvalue weighted by Gasteiger charge is -2.08. The summed E-state index contributed by atoms with van der Waals surface area (Å²) in [5.41, 5.74) is -1.11. The van der Waals surface area contributed by atoms with Gasteiger partial charge in [-0.05, 0) is 24.3 Å². The number of benzene rings is 2. The second-order valence-corrected chi connectivity index (χ2v) is 4.25. The lowest BCUT2D eigenvalue weighted by Crippen LogP contribution is -2.07.